The fourth-order valence-corrected chi connectivity index (χ4v) is 3.59. The summed E-state index contributed by atoms with van der Waals surface area (Å²) in [5.41, 5.74) is 2.94. The molecule has 5 nitrogen and oxygen atoms in total. The molecule has 1 fully saturated rings. The third kappa shape index (κ3) is 5.46. The molecule has 152 valence electrons. The second kappa shape index (κ2) is 9.25. The van der Waals surface area contributed by atoms with E-state index in [-0.39, 0.29) is 12.5 Å². The number of hydrogen-bond donors (Lipinski definition) is 2. The number of hydrogen-bond acceptors (Lipinski definition) is 4. The summed E-state index contributed by atoms with van der Waals surface area (Å²) in [4.78, 5) is 12.7. The molecule has 2 aromatic rings. The number of aliphatic hydroxyl groups is 1. The molecule has 4 rings (SSSR count). The van der Waals surface area contributed by atoms with Crippen molar-refractivity contribution in [1.29, 1.82) is 0 Å². The van der Waals surface area contributed by atoms with E-state index in [0.717, 1.165) is 23.1 Å². The molecule has 0 radical (unpaired) electrons. The first-order valence-electron chi connectivity index (χ1n) is 10.2. The Morgan fingerprint density at radius 2 is 1.76 bits per heavy atom. The molecule has 1 aliphatic carbocycles. The van der Waals surface area contributed by atoms with Gasteiger partial charge < -0.3 is 19.9 Å². The highest BCUT2D eigenvalue weighted by Gasteiger charge is 2.37. The topological polar surface area (TPSA) is 67.8 Å². The standard InChI is InChI=1S/C24H27NO4/c26-15-18-6-8-19(9-7-18)16-28-23-13-21(20-10-11-20)12-22(29-23)24(27)25-14-17-4-2-1-3-5-17/h1-9,12,20-21,23,26H,10-11,13-16H2,(H,25,27)/t21-,23+/m0/s1. The van der Waals surface area contributed by atoms with Gasteiger partial charge in [0, 0.05) is 13.0 Å². The third-order valence-corrected chi connectivity index (χ3v) is 5.48. The number of aliphatic hydroxyl groups excluding tert-OH is 1. The van der Waals surface area contributed by atoms with Gasteiger partial charge in [0.05, 0.1) is 13.2 Å². The summed E-state index contributed by atoms with van der Waals surface area (Å²) in [5.74, 6) is 1.12. The van der Waals surface area contributed by atoms with Crippen LogP contribution in [0.25, 0.3) is 0 Å². The van der Waals surface area contributed by atoms with Crippen LogP contribution in [0.4, 0.5) is 0 Å². The largest absolute Gasteiger partial charge is 0.459 e. The van der Waals surface area contributed by atoms with Gasteiger partial charge in [-0.2, -0.15) is 0 Å². The molecule has 0 bridgehead atoms. The lowest BCUT2D eigenvalue weighted by Crippen LogP contribution is -2.33. The van der Waals surface area contributed by atoms with Crippen molar-refractivity contribution in [2.24, 2.45) is 11.8 Å². The SMILES string of the molecule is O=C(NCc1ccccc1)C1=C[C@H](C2CC2)C[C@H](OCc2ccc(CO)cc2)O1. The second-order valence-corrected chi connectivity index (χ2v) is 7.77. The van der Waals surface area contributed by atoms with Crippen molar-refractivity contribution in [2.45, 2.75) is 45.3 Å². The molecule has 0 aromatic heterocycles. The molecule has 0 spiro atoms. The molecule has 1 amide bonds. The molecule has 0 unspecified atom stereocenters. The summed E-state index contributed by atoms with van der Waals surface area (Å²) in [6.45, 7) is 0.909. The average Bonchev–Trinajstić information content (AvgIpc) is 3.62. The Morgan fingerprint density at radius 1 is 1.03 bits per heavy atom. The Bertz CT molecular complexity index is 843. The van der Waals surface area contributed by atoms with Crippen LogP contribution < -0.4 is 5.32 Å². The fourth-order valence-electron chi connectivity index (χ4n) is 3.59. The number of carbonyl (C=O) groups is 1. The van der Waals surface area contributed by atoms with Crippen molar-refractivity contribution in [3.8, 4) is 0 Å². The Morgan fingerprint density at radius 3 is 2.45 bits per heavy atom. The first-order valence-corrected chi connectivity index (χ1v) is 10.2. The highest BCUT2D eigenvalue weighted by Crippen LogP contribution is 2.42. The molecule has 2 aromatic carbocycles. The highest BCUT2D eigenvalue weighted by atomic mass is 16.7. The molecule has 0 saturated heterocycles. The zero-order valence-corrected chi connectivity index (χ0v) is 16.4. The molecular formula is C24H27NO4. The maximum absolute atomic E-state index is 12.7. The summed E-state index contributed by atoms with van der Waals surface area (Å²) in [7, 11) is 0. The Balaban J connectivity index is 1.35. The van der Waals surface area contributed by atoms with E-state index in [1.54, 1.807) is 0 Å². The number of ether oxygens (including phenoxy) is 2. The number of allylic oxidation sites excluding steroid dienone is 1. The maximum Gasteiger partial charge on any atom is 0.286 e. The zero-order chi connectivity index (χ0) is 20.1. The molecular weight excluding hydrogens is 366 g/mol. The lowest BCUT2D eigenvalue weighted by Gasteiger charge is -2.29. The average molecular weight is 393 g/mol. The van der Waals surface area contributed by atoms with Crippen LogP contribution in [-0.2, 0) is 34.0 Å². The molecule has 2 atom stereocenters. The van der Waals surface area contributed by atoms with E-state index >= 15 is 0 Å². The molecule has 2 N–H and O–H groups in total. The minimum atomic E-state index is -0.430. The molecule has 5 heteroatoms. The molecule has 1 saturated carbocycles. The van der Waals surface area contributed by atoms with E-state index in [4.69, 9.17) is 14.6 Å². The Hall–Kier alpha value is -2.63. The third-order valence-electron chi connectivity index (χ3n) is 5.48. The van der Waals surface area contributed by atoms with E-state index < -0.39 is 6.29 Å². The highest BCUT2D eigenvalue weighted by molar-refractivity contribution is 5.91. The van der Waals surface area contributed by atoms with Gasteiger partial charge in [0.2, 0.25) is 6.29 Å². The minimum absolute atomic E-state index is 0.0299. The molecule has 2 aliphatic rings. The number of nitrogens with one attached hydrogen (secondary N) is 1. The van der Waals surface area contributed by atoms with E-state index in [9.17, 15) is 4.79 Å². The minimum Gasteiger partial charge on any atom is -0.459 e. The van der Waals surface area contributed by atoms with Crippen LogP contribution in [0.5, 0.6) is 0 Å². The van der Waals surface area contributed by atoms with Gasteiger partial charge in [-0.1, -0.05) is 54.6 Å². The smallest absolute Gasteiger partial charge is 0.286 e. The lowest BCUT2D eigenvalue weighted by molar-refractivity contribution is -0.154. The number of amides is 1. The number of benzene rings is 2. The first-order chi connectivity index (χ1) is 14.2. The summed E-state index contributed by atoms with van der Waals surface area (Å²) in [6.07, 6.45) is 4.73. The van der Waals surface area contributed by atoms with Gasteiger partial charge in [-0.25, -0.2) is 0 Å². The van der Waals surface area contributed by atoms with E-state index in [0.29, 0.717) is 30.7 Å². The van der Waals surface area contributed by atoms with Crippen LogP contribution in [0.3, 0.4) is 0 Å². The van der Waals surface area contributed by atoms with Gasteiger partial charge in [-0.05, 0) is 47.4 Å². The Labute approximate surface area is 171 Å². The molecule has 1 heterocycles. The fraction of sp³-hybridized carbons (Fsp3) is 0.375. The van der Waals surface area contributed by atoms with Gasteiger partial charge in [-0.15, -0.1) is 0 Å². The van der Waals surface area contributed by atoms with Crippen molar-refractivity contribution < 1.29 is 19.4 Å². The van der Waals surface area contributed by atoms with E-state index in [1.165, 1.54) is 12.8 Å². The van der Waals surface area contributed by atoms with Crippen LogP contribution in [-0.4, -0.2) is 17.3 Å². The van der Waals surface area contributed by atoms with Crippen molar-refractivity contribution in [1.82, 2.24) is 5.32 Å². The summed E-state index contributed by atoms with van der Waals surface area (Å²) in [6, 6.07) is 17.5. The quantitative estimate of drug-likeness (QED) is 0.718. The van der Waals surface area contributed by atoms with Crippen LogP contribution in [0.1, 0.15) is 36.0 Å². The first kappa shape index (κ1) is 19.7. The van der Waals surface area contributed by atoms with E-state index in [2.05, 4.69) is 5.32 Å². The van der Waals surface area contributed by atoms with Crippen LogP contribution in [0, 0.1) is 11.8 Å². The second-order valence-electron chi connectivity index (χ2n) is 7.77. The lowest BCUT2D eigenvalue weighted by atomic mass is 9.96. The monoisotopic (exact) mass is 393 g/mol. The molecule has 1 aliphatic heterocycles. The Kier molecular flexibility index (Phi) is 6.27. The van der Waals surface area contributed by atoms with Crippen molar-refractivity contribution in [3.63, 3.8) is 0 Å². The van der Waals surface area contributed by atoms with Crippen molar-refractivity contribution >= 4 is 5.91 Å². The number of rotatable bonds is 8. The van der Waals surface area contributed by atoms with Gasteiger partial charge in [-0.3, -0.25) is 4.79 Å². The van der Waals surface area contributed by atoms with Crippen LogP contribution in [0.2, 0.25) is 0 Å². The predicted molar refractivity (Wildman–Crippen MR) is 109 cm³/mol. The predicted octanol–water partition coefficient (Wildman–Crippen LogP) is 3.67. The van der Waals surface area contributed by atoms with Crippen LogP contribution >= 0.6 is 0 Å². The summed E-state index contributed by atoms with van der Waals surface area (Å²) >= 11 is 0. The molecule has 29 heavy (non-hydrogen) atoms. The van der Waals surface area contributed by atoms with Crippen molar-refractivity contribution in [2.75, 3.05) is 0 Å². The normalized spacial score (nSPS) is 21.2. The van der Waals surface area contributed by atoms with Crippen molar-refractivity contribution in [3.05, 3.63) is 83.1 Å². The van der Waals surface area contributed by atoms with Gasteiger partial charge in [0.25, 0.3) is 5.91 Å². The summed E-state index contributed by atoms with van der Waals surface area (Å²) in [5, 5.41) is 12.1. The van der Waals surface area contributed by atoms with Crippen LogP contribution in [0.15, 0.2) is 66.4 Å². The number of carbonyl (C=O) groups excluding carboxylic acids is 1. The van der Waals surface area contributed by atoms with Gasteiger partial charge in [0.15, 0.2) is 5.76 Å². The van der Waals surface area contributed by atoms with Gasteiger partial charge >= 0.3 is 0 Å². The zero-order valence-electron chi connectivity index (χ0n) is 16.4. The summed E-state index contributed by atoms with van der Waals surface area (Å²) < 4.78 is 11.9. The van der Waals surface area contributed by atoms with Gasteiger partial charge in [0.1, 0.15) is 0 Å². The van der Waals surface area contributed by atoms with E-state index in [1.807, 2.05) is 60.7 Å². The maximum atomic E-state index is 12.7.